The fraction of sp³-hybridized carbons (Fsp3) is 0.188. The van der Waals surface area contributed by atoms with Gasteiger partial charge in [0.15, 0.2) is 6.61 Å². The molecule has 0 spiro atoms. The van der Waals surface area contributed by atoms with Gasteiger partial charge in [-0.2, -0.15) is 0 Å². The number of aryl methyl sites for hydroxylation is 1. The van der Waals surface area contributed by atoms with Gasteiger partial charge in [-0.25, -0.2) is 0 Å². The molecule has 2 aromatic carbocycles. The second-order valence-corrected chi connectivity index (χ2v) is 5.89. The maximum atomic E-state index is 11.8. The minimum Gasteiger partial charge on any atom is -0.484 e. The molecule has 0 aliphatic heterocycles. The highest BCUT2D eigenvalue weighted by Gasteiger charge is 2.06. The van der Waals surface area contributed by atoms with E-state index >= 15 is 0 Å². The van der Waals surface area contributed by atoms with E-state index < -0.39 is 0 Å². The zero-order chi connectivity index (χ0) is 15.2. The molecule has 0 aliphatic rings. The fourth-order valence-corrected chi connectivity index (χ4v) is 2.48. The van der Waals surface area contributed by atoms with Crippen LogP contribution in [0.5, 0.6) is 5.75 Å². The van der Waals surface area contributed by atoms with Crippen molar-refractivity contribution in [2.24, 2.45) is 0 Å². The zero-order valence-corrected chi connectivity index (χ0v) is 13.9. The van der Waals surface area contributed by atoms with Crippen LogP contribution >= 0.6 is 27.5 Å². The van der Waals surface area contributed by atoms with E-state index in [1.807, 2.05) is 43.3 Å². The minimum absolute atomic E-state index is 0.0209. The highest BCUT2D eigenvalue weighted by molar-refractivity contribution is 9.10. The van der Waals surface area contributed by atoms with Crippen molar-refractivity contribution in [3.8, 4) is 5.75 Å². The van der Waals surface area contributed by atoms with E-state index in [2.05, 4.69) is 21.2 Å². The molecule has 0 aromatic heterocycles. The summed E-state index contributed by atoms with van der Waals surface area (Å²) in [6, 6.07) is 13.1. The molecule has 110 valence electrons. The first-order valence-corrected chi connectivity index (χ1v) is 7.62. The van der Waals surface area contributed by atoms with Gasteiger partial charge in [-0.15, -0.1) is 0 Å². The molecule has 0 saturated carbocycles. The number of rotatable bonds is 5. The summed E-state index contributed by atoms with van der Waals surface area (Å²) in [5, 5.41) is 3.42. The van der Waals surface area contributed by atoms with E-state index in [-0.39, 0.29) is 12.5 Å². The number of halogens is 2. The van der Waals surface area contributed by atoms with E-state index in [1.165, 1.54) is 0 Å². The van der Waals surface area contributed by atoms with Crippen LogP contribution in [-0.2, 0) is 11.3 Å². The Kier molecular flexibility index (Phi) is 5.65. The van der Waals surface area contributed by atoms with Crippen molar-refractivity contribution in [1.29, 1.82) is 0 Å². The summed E-state index contributed by atoms with van der Waals surface area (Å²) in [4.78, 5) is 11.8. The molecule has 21 heavy (non-hydrogen) atoms. The van der Waals surface area contributed by atoms with Gasteiger partial charge in [0.1, 0.15) is 5.75 Å². The van der Waals surface area contributed by atoms with Crippen molar-refractivity contribution < 1.29 is 9.53 Å². The summed E-state index contributed by atoms with van der Waals surface area (Å²) in [5.74, 6) is 0.517. The number of ether oxygens (including phenoxy) is 1. The molecule has 1 N–H and O–H groups in total. The molecule has 0 heterocycles. The summed E-state index contributed by atoms with van der Waals surface area (Å²) in [6.07, 6.45) is 0. The number of nitrogens with one attached hydrogen (secondary N) is 1. The predicted octanol–water partition coefficient (Wildman–Crippen LogP) is 4.11. The topological polar surface area (TPSA) is 38.3 Å². The molecule has 3 nitrogen and oxygen atoms in total. The molecule has 0 bridgehead atoms. The van der Waals surface area contributed by atoms with Gasteiger partial charge in [-0.05, 0) is 42.3 Å². The number of amides is 1. The van der Waals surface area contributed by atoms with Gasteiger partial charge in [-0.1, -0.05) is 45.7 Å². The van der Waals surface area contributed by atoms with Gasteiger partial charge in [-0.3, -0.25) is 4.79 Å². The van der Waals surface area contributed by atoms with Crippen LogP contribution in [0.4, 0.5) is 0 Å². The number of benzene rings is 2. The lowest BCUT2D eigenvalue weighted by Gasteiger charge is -2.10. The molecule has 2 rings (SSSR count). The van der Waals surface area contributed by atoms with Crippen LogP contribution in [0.15, 0.2) is 46.9 Å². The number of hydrogen-bond acceptors (Lipinski definition) is 2. The average molecular weight is 369 g/mol. The average Bonchev–Trinajstić information content (AvgIpc) is 2.45. The maximum absolute atomic E-state index is 11.8. The van der Waals surface area contributed by atoms with Crippen LogP contribution in [0.3, 0.4) is 0 Å². The Hall–Kier alpha value is -1.52. The van der Waals surface area contributed by atoms with E-state index in [9.17, 15) is 4.79 Å². The number of hydrogen-bond donors (Lipinski definition) is 1. The molecule has 0 unspecified atom stereocenters. The summed E-state index contributed by atoms with van der Waals surface area (Å²) >= 11 is 9.42. The van der Waals surface area contributed by atoms with Crippen LogP contribution in [0.1, 0.15) is 11.1 Å². The Balaban J connectivity index is 1.84. The summed E-state index contributed by atoms with van der Waals surface area (Å²) in [5.41, 5.74) is 1.86. The Morgan fingerprint density at radius 2 is 2.05 bits per heavy atom. The molecule has 0 fully saturated rings. The van der Waals surface area contributed by atoms with Crippen molar-refractivity contribution in [1.82, 2.24) is 5.32 Å². The number of carbonyl (C=O) groups is 1. The Morgan fingerprint density at radius 3 is 2.76 bits per heavy atom. The summed E-state index contributed by atoms with van der Waals surface area (Å²) in [6.45, 7) is 2.30. The van der Waals surface area contributed by atoms with E-state index in [0.717, 1.165) is 15.6 Å². The predicted molar refractivity (Wildman–Crippen MR) is 87.7 cm³/mol. The standard InChI is InChI=1S/C16H15BrClNO2/c1-11-8-13(17)6-7-15(11)21-10-16(20)19-9-12-4-2-3-5-14(12)18/h2-8H,9-10H2,1H3,(H,19,20). The van der Waals surface area contributed by atoms with Gasteiger partial charge in [0.25, 0.3) is 5.91 Å². The Bertz CT molecular complexity index is 646. The van der Waals surface area contributed by atoms with Crippen LogP contribution < -0.4 is 10.1 Å². The quantitative estimate of drug-likeness (QED) is 0.862. The normalized spacial score (nSPS) is 10.2. The molecule has 5 heteroatoms. The lowest BCUT2D eigenvalue weighted by Crippen LogP contribution is -2.28. The Morgan fingerprint density at radius 1 is 1.29 bits per heavy atom. The van der Waals surface area contributed by atoms with Crippen molar-refractivity contribution in [2.45, 2.75) is 13.5 Å². The second kappa shape index (κ2) is 7.48. The Labute approximate surface area is 137 Å². The van der Waals surface area contributed by atoms with Crippen LogP contribution in [0, 0.1) is 6.92 Å². The highest BCUT2D eigenvalue weighted by Crippen LogP contribution is 2.22. The first-order chi connectivity index (χ1) is 10.1. The van der Waals surface area contributed by atoms with Gasteiger partial charge in [0.2, 0.25) is 0 Å². The van der Waals surface area contributed by atoms with Gasteiger partial charge in [0.05, 0.1) is 0 Å². The molecule has 0 aliphatic carbocycles. The first-order valence-electron chi connectivity index (χ1n) is 6.45. The first kappa shape index (κ1) is 15.9. The fourth-order valence-electron chi connectivity index (χ4n) is 1.80. The smallest absolute Gasteiger partial charge is 0.258 e. The summed E-state index contributed by atoms with van der Waals surface area (Å²) in [7, 11) is 0. The van der Waals surface area contributed by atoms with E-state index in [0.29, 0.717) is 17.3 Å². The lowest BCUT2D eigenvalue weighted by atomic mass is 10.2. The second-order valence-electron chi connectivity index (χ2n) is 4.57. The van der Waals surface area contributed by atoms with Gasteiger partial charge < -0.3 is 10.1 Å². The minimum atomic E-state index is -0.183. The number of carbonyl (C=O) groups excluding carboxylic acids is 1. The largest absolute Gasteiger partial charge is 0.484 e. The van der Waals surface area contributed by atoms with Crippen LogP contribution in [-0.4, -0.2) is 12.5 Å². The molecular formula is C16H15BrClNO2. The highest BCUT2D eigenvalue weighted by atomic mass is 79.9. The monoisotopic (exact) mass is 367 g/mol. The molecule has 0 atom stereocenters. The van der Waals surface area contributed by atoms with Gasteiger partial charge >= 0.3 is 0 Å². The van der Waals surface area contributed by atoms with Crippen molar-refractivity contribution in [3.63, 3.8) is 0 Å². The van der Waals surface area contributed by atoms with Crippen molar-refractivity contribution in [3.05, 3.63) is 63.1 Å². The molecule has 2 aromatic rings. The third-order valence-corrected chi connectivity index (χ3v) is 3.79. The third-order valence-electron chi connectivity index (χ3n) is 2.93. The maximum Gasteiger partial charge on any atom is 0.258 e. The molecular weight excluding hydrogens is 354 g/mol. The van der Waals surface area contributed by atoms with Gasteiger partial charge in [0, 0.05) is 16.0 Å². The van der Waals surface area contributed by atoms with Crippen LogP contribution in [0.25, 0.3) is 0 Å². The van der Waals surface area contributed by atoms with E-state index in [1.54, 1.807) is 6.07 Å². The third kappa shape index (κ3) is 4.76. The molecule has 0 saturated heterocycles. The van der Waals surface area contributed by atoms with E-state index in [4.69, 9.17) is 16.3 Å². The summed E-state index contributed by atoms with van der Waals surface area (Å²) < 4.78 is 6.49. The SMILES string of the molecule is Cc1cc(Br)ccc1OCC(=O)NCc1ccccc1Cl. The molecule has 0 radical (unpaired) electrons. The zero-order valence-electron chi connectivity index (χ0n) is 11.5. The molecule has 1 amide bonds. The van der Waals surface area contributed by atoms with Crippen molar-refractivity contribution in [2.75, 3.05) is 6.61 Å². The van der Waals surface area contributed by atoms with Crippen LogP contribution in [0.2, 0.25) is 5.02 Å². The van der Waals surface area contributed by atoms with Crippen molar-refractivity contribution >= 4 is 33.4 Å². The lowest BCUT2D eigenvalue weighted by molar-refractivity contribution is -0.123.